The van der Waals surface area contributed by atoms with Gasteiger partial charge in [0.15, 0.2) is 0 Å². The summed E-state index contributed by atoms with van der Waals surface area (Å²) in [5, 5.41) is 17.1. The van der Waals surface area contributed by atoms with Crippen LogP contribution in [0.15, 0.2) is 18.3 Å². The molecule has 0 radical (unpaired) electrons. The normalized spacial score (nSPS) is 10.6. The van der Waals surface area contributed by atoms with Crippen molar-refractivity contribution in [3.8, 4) is 11.3 Å². The molecule has 0 aliphatic rings. The predicted octanol–water partition coefficient (Wildman–Crippen LogP) is 2.99. The minimum atomic E-state index is -1.02. The zero-order valence-electron chi connectivity index (χ0n) is 8.77. The van der Waals surface area contributed by atoms with E-state index in [9.17, 15) is 4.79 Å². The SMILES string of the molecule is O=C(O)Cn1cc(-c2c(Cl)ccc(Cl)c2Cl)nn1. The van der Waals surface area contributed by atoms with Gasteiger partial charge in [0.25, 0.3) is 0 Å². The zero-order chi connectivity index (χ0) is 13.3. The fourth-order valence-corrected chi connectivity index (χ4v) is 2.11. The van der Waals surface area contributed by atoms with E-state index in [1.807, 2.05) is 0 Å². The van der Waals surface area contributed by atoms with Crippen molar-refractivity contribution in [2.45, 2.75) is 6.54 Å². The first-order chi connectivity index (χ1) is 8.49. The van der Waals surface area contributed by atoms with Crippen LogP contribution in [-0.4, -0.2) is 26.1 Å². The second-order valence-electron chi connectivity index (χ2n) is 3.41. The lowest BCUT2D eigenvalue weighted by Gasteiger charge is -2.04. The van der Waals surface area contributed by atoms with E-state index >= 15 is 0 Å². The van der Waals surface area contributed by atoms with E-state index in [0.29, 0.717) is 21.3 Å². The standard InChI is InChI=1S/C10H6Cl3N3O2/c11-5-1-2-6(12)10(13)9(5)7-3-16(15-14-7)4-8(17)18/h1-3H,4H2,(H,17,18). The van der Waals surface area contributed by atoms with Crippen LogP contribution in [0.5, 0.6) is 0 Å². The van der Waals surface area contributed by atoms with Crippen molar-refractivity contribution >= 4 is 40.8 Å². The van der Waals surface area contributed by atoms with Gasteiger partial charge in [-0.25, -0.2) is 4.68 Å². The van der Waals surface area contributed by atoms with E-state index in [2.05, 4.69) is 10.3 Å². The molecule has 2 aromatic rings. The summed E-state index contributed by atoms with van der Waals surface area (Å²) in [6.45, 7) is -0.289. The molecule has 1 aromatic heterocycles. The van der Waals surface area contributed by atoms with E-state index in [-0.39, 0.29) is 11.6 Å². The Kier molecular flexibility index (Phi) is 3.75. The number of carbonyl (C=O) groups is 1. The van der Waals surface area contributed by atoms with Crippen LogP contribution in [-0.2, 0) is 11.3 Å². The molecule has 1 N–H and O–H groups in total. The van der Waals surface area contributed by atoms with E-state index in [1.165, 1.54) is 10.9 Å². The molecule has 0 saturated carbocycles. The number of halogens is 3. The molecule has 0 aliphatic carbocycles. The van der Waals surface area contributed by atoms with Gasteiger partial charge in [-0.05, 0) is 12.1 Å². The lowest BCUT2D eigenvalue weighted by atomic mass is 10.1. The first-order valence-electron chi connectivity index (χ1n) is 4.75. The van der Waals surface area contributed by atoms with Crippen LogP contribution < -0.4 is 0 Å². The molecule has 1 aromatic carbocycles. The van der Waals surface area contributed by atoms with Gasteiger partial charge < -0.3 is 5.11 Å². The van der Waals surface area contributed by atoms with Crippen molar-refractivity contribution in [1.29, 1.82) is 0 Å². The highest BCUT2D eigenvalue weighted by Crippen LogP contribution is 2.37. The molecule has 0 spiro atoms. The molecule has 1 heterocycles. The Bertz CT molecular complexity index is 612. The molecule has 0 aliphatic heterocycles. The van der Waals surface area contributed by atoms with Gasteiger partial charge in [-0.1, -0.05) is 40.0 Å². The Labute approximate surface area is 117 Å². The summed E-state index contributed by atoms with van der Waals surface area (Å²) < 4.78 is 1.17. The van der Waals surface area contributed by atoms with Crippen molar-refractivity contribution in [3.63, 3.8) is 0 Å². The Morgan fingerprint density at radius 3 is 2.61 bits per heavy atom. The highest BCUT2D eigenvalue weighted by atomic mass is 35.5. The maximum atomic E-state index is 10.5. The minimum Gasteiger partial charge on any atom is -0.480 e. The van der Waals surface area contributed by atoms with Crippen molar-refractivity contribution in [1.82, 2.24) is 15.0 Å². The highest BCUT2D eigenvalue weighted by Gasteiger charge is 2.15. The molecule has 2 rings (SSSR count). The van der Waals surface area contributed by atoms with Crippen molar-refractivity contribution in [2.24, 2.45) is 0 Å². The van der Waals surface area contributed by atoms with Gasteiger partial charge in [0.05, 0.1) is 21.3 Å². The number of hydrogen-bond donors (Lipinski definition) is 1. The van der Waals surface area contributed by atoms with E-state index in [0.717, 1.165) is 0 Å². The second kappa shape index (κ2) is 5.14. The molecule has 0 unspecified atom stereocenters. The van der Waals surface area contributed by atoms with Crippen LogP contribution in [0.1, 0.15) is 0 Å². The molecule has 18 heavy (non-hydrogen) atoms. The van der Waals surface area contributed by atoms with Crippen LogP contribution in [0.25, 0.3) is 11.3 Å². The summed E-state index contributed by atoms with van der Waals surface area (Å²) >= 11 is 17.9. The minimum absolute atomic E-state index is 0.256. The molecule has 0 fully saturated rings. The molecular weight excluding hydrogens is 300 g/mol. The molecular formula is C10H6Cl3N3O2. The number of benzene rings is 1. The maximum Gasteiger partial charge on any atom is 0.325 e. The first-order valence-corrected chi connectivity index (χ1v) is 5.88. The highest BCUT2D eigenvalue weighted by molar-refractivity contribution is 6.46. The number of hydrogen-bond acceptors (Lipinski definition) is 3. The summed E-state index contributed by atoms with van der Waals surface area (Å²) in [6.07, 6.45) is 1.44. The van der Waals surface area contributed by atoms with Gasteiger partial charge in [0.1, 0.15) is 12.2 Å². The molecule has 5 nitrogen and oxygen atoms in total. The van der Waals surface area contributed by atoms with Crippen molar-refractivity contribution in [2.75, 3.05) is 0 Å². The van der Waals surface area contributed by atoms with Crippen LogP contribution >= 0.6 is 34.8 Å². The van der Waals surface area contributed by atoms with Crippen LogP contribution in [0.2, 0.25) is 15.1 Å². The maximum absolute atomic E-state index is 10.5. The predicted molar refractivity (Wildman–Crippen MR) is 68.1 cm³/mol. The Morgan fingerprint density at radius 2 is 1.94 bits per heavy atom. The Hall–Kier alpha value is -1.30. The molecule has 0 amide bonds. The number of carboxylic acids is 1. The van der Waals surface area contributed by atoms with Gasteiger partial charge in [0, 0.05) is 5.56 Å². The van der Waals surface area contributed by atoms with Crippen LogP contribution in [0.3, 0.4) is 0 Å². The largest absolute Gasteiger partial charge is 0.480 e. The third kappa shape index (κ3) is 2.58. The Balaban J connectivity index is 2.46. The number of aliphatic carboxylic acids is 1. The van der Waals surface area contributed by atoms with Gasteiger partial charge in [0.2, 0.25) is 0 Å². The topological polar surface area (TPSA) is 68.0 Å². The summed E-state index contributed by atoms with van der Waals surface area (Å²) in [6, 6.07) is 3.15. The van der Waals surface area contributed by atoms with E-state index < -0.39 is 5.97 Å². The zero-order valence-corrected chi connectivity index (χ0v) is 11.0. The van der Waals surface area contributed by atoms with Crippen LogP contribution in [0, 0.1) is 0 Å². The summed E-state index contributed by atoms with van der Waals surface area (Å²) in [7, 11) is 0. The quantitative estimate of drug-likeness (QED) is 0.885. The van der Waals surface area contributed by atoms with E-state index in [4.69, 9.17) is 39.9 Å². The summed E-state index contributed by atoms with van der Waals surface area (Å²) in [5.41, 5.74) is 0.802. The smallest absolute Gasteiger partial charge is 0.325 e. The molecule has 8 heteroatoms. The van der Waals surface area contributed by atoms with Gasteiger partial charge >= 0.3 is 5.97 Å². The number of aromatic nitrogens is 3. The summed E-state index contributed by atoms with van der Waals surface area (Å²) in [5.74, 6) is -1.02. The first kappa shape index (κ1) is 13.1. The van der Waals surface area contributed by atoms with E-state index in [1.54, 1.807) is 12.1 Å². The fourth-order valence-electron chi connectivity index (χ4n) is 1.39. The molecule has 94 valence electrons. The molecule has 0 saturated heterocycles. The van der Waals surface area contributed by atoms with Crippen molar-refractivity contribution < 1.29 is 9.90 Å². The third-order valence-electron chi connectivity index (χ3n) is 2.14. The van der Waals surface area contributed by atoms with Gasteiger partial charge in [-0.3, -0.25) is 4.79 Å². The third-order valence-corrected chi connectivity index (χ3v) is 3.26. The van der Waals surface area contributed by atoms with Gasteiger partial charge in [-0.2, -0.15) is 0 Å². The fraction of sp³-hybridized carbons (Fsp3) is 0.100. The molecule has 0 bridgehead atoms. The second-order valence-corrected chi connectivity index (χ2v) is 4.61. The number of nitrogens with zero attached hydrogens (tertiary/aromatic N) is 3. The van der Waals surface area contributed by atoms with Gasteiger partial charge in [-0.15, -0.1) is 5.10 Å². The lowest BCUT2D eigenvalue weighted by Crippen LogP contribution is -2.08. The lowest BCUT2D eigenvalue weighted by molar-refractivity contribution is -0.137. The van der Waals surface area contributed by atoms with Crippen molar-refractivity contribution in [3.05, 3.63) is 33.4 Å². The summed E-state index contributed by atoms with van der Waals surface area (Å²) in [4.78, 5) is 10.5. The Morgan fingerprint density at radius 1 is 1.28 bits per heavy atom. The monoisotopic (exact) mass is 305 g/mol. The number of rotatable bonds is 3. The number of carboxylic acid groups (broad SMARTS) is 1. The van der Waals surface area contributed by atoms with Crippen LogP contribution in [0.4, 0.5) is 0 Å². The molecule has 0 atom stereocenters. The average molecular weight is 307 g/mol. The average Bonchev–Trinajstić information content (AvgIpc) is 2.71.